The molecule has 2 aromatic rings. The number of esters is 1. The van der Waals surface area contributed by atoms with Crippen LogP contribution in [0.3, 0.4) is 0 Å². The zero-order chi connectivity index (χ0) is 22.8. The van der Waals surface area contributed by atoms with Crippen molar-refractivity contribution >= 4 is 11.8 Å². The van der Waals surface area contributed by atoms with Gasteiger partial charge in [-0.1, -0.05) is 54.1 Å². The summed E-state index contributed by atoms with van der Waals surface area (Å²) in [5.74, 6) is 0.642. The Kier molecular flexibility index (Phi) is 6.40. The molecule has 1 fully saturated rings. The molecule has 2 aliphatic carbocycles. The normalized spacial score (nSPS) is 23.1. The number of carbonyl (C=O) groups is 2. The largest absolute Gasteiger partial charge is 0.456 e. The van der Waals surface area contributed by atoms with Gasteiger partial charge in [0.1, 0.15) is 12.3 Å². The average Bonchev–Trinajstić information content (AvgIpc) is 3.29. The van der Waals surface area contributed by atoms with E-state index in [4.69, 9.17) is 4.74 Å². The molecule has 1 aromatic heterocycles. The highest BCUT2D eigenvalue weighted by Gasteiger charge is 2.38. The fourth-order valence-corrected chi connectivity index (χ4v) is 4.87. The van der Waals surface area contributed by atoms with Crippen molar-refractivity contribution in [1.82, 2.24) is 15.0 Å². The summed E-state index contributed by atoms with van der Waals surface area (Å²) in [4.78, 5) is 24.9. The molecule has 168 valence electrons. The standard InChI is InChI=1S/C26H31N3O3/c1-16-5-8-20(9-6-16)13-29-14-22(27-28-29)15-32-26(31)18(3)21-10-7-17(2)23-12-25(30)19(4)24(23)11-21/h5-6,8-9,14,17,21,23H,3,7,10-13,15H2,1-2,4H3/t17-,21+,23-/m0/s1. The van der Waals surface area contributed by atoms with Crippen molar-refractivity contribution in [2.75, 3.05) is 0 Å². The molecule has 2 aliphatic rings. The summed E-state index contributed by atoms with van der Waals surface area (Å²) in [5, 5.41) is 8.26. The maximum atomic E-state index is 12.7. The maximum absolute atomic E-state index is 12.7. The number of hydrogen-bond acceptors (Lipinski definition) is 5. The van der Waals surface area contributed by atoms with Gasteiger partial charge in [-0.25, -0.2) is 9.48 Å². The summed E-state index contributed by atoms with van der Waals surface area (Å²) >= 11 is 0. The first-order valence-electron chi connectivity index (χ1n) is 11.3. The second-order valence-corrected chi connectivity index (χ2v) is 9.33. The molecule has 0 saturated heterocycles. The maximum Gasteiger partial charge on any atom is 0.334 e. The minimum atomic E-state index is -0.392. The Morgan fingerprint density at radius 1 is 1.19 bits per heavy atom. The molecule has 3 atom stereocenters. The molecule has 6 nitrogen and oxygen atoms in total. The van der Waals surface area contributed by atoms with Crippen LogP contribution in [0, 0.1) is 24.7 Å². The third-order valence-corrected chi connectivity index (χ3v) is 7.03. The van der Waals surface area contributed by atoms with Gasteiger partial charge in [-0.05, 0) is 62.0 Å². The first kappa shape index (κ1) is 22.2. The number of aromatic nitrogens is 3. The molecule has 0 aliphatic heterocycles. The lowest BCUT2D eigenvalue weighted by atomic mass is 9.86. The summed E-state index contributed by atoms with van der Waals surface area (Å²) in [6, 6.07) is 8.26. The van der Waals surface area contributed by atoms with Gasteiger partial charge in [0, 0.05) is 12.0 Å². The number of nitrogens with zero attached hydrogens (tertiary/aromatic N) is 3. The van der Waals surface area contributed by atoms with Crippen molar-refractivity contribution in [3.8, 4) is 0 Å². The highest BCUT2D eigenvalue weighted by atomic mass is 16.5. The van der Waals surface area contributed by atoms with Crippen LogP contribution in [0.5, 0.6) is 0 Å². The molecule has 0 unspecified atom stereocenters. The Morgan fingerprint density at radius 3 is 2.69 bits per heavy atom. The quantitative estimate of drug-likeness (QED) is 0.493. The van der Waals surface area contributed by atoms with Crippen molar-refractivity contribution in [3.63, 3.8) is 0 Å². The van der Waals surface area contributed by atoms with Gasteiger partial charge in [0.25, 0.3) is 0 Å². The number of carbonyl (C=O) groups excluding carboxylic acids is 2. The highest BCUT2D eigenvalue weighted by Crippen LogP contribution is 2.45. The number of allylic oxidation sites excluding steroid dienone is 2. The first-order valence-corrected chi connectivity index (χ1v) is 11.3. The van der Waals surface area contributed by atoms with E-state index in [1.54, 1.807) is 10.9 Å². The van der Waals surface area contributed by atoms with Crippen molar-refractivity contribution in [2.24, 2.45) is 17.8 Å². The van der Waals surface area contributed by atoms with Crippen LogP contribution in [0.15, 0.2) is 53.8 Å². The van der Waals surface area contributed by atoms with Gasteiger partial charge < -0.3 is 4.74 Å². The third kappa shape index (κ3) is 4.74. The van der Waals surface area contributed by atoms with E-state index >= 15 is 0 Å². The van der Waals surface area contributed by atoms with Crippen LogP contribution < -0.4 is 0 Å². The van der Waals surface area contributed by atoms with E-state index in [2.05, 4.69) is 55.0 Å². The molecule has 0 spiro atoms. The number of benzene rings is 1. The monoisotopic (exact) mass is 433 g/mol. The van der Waals surface area contributed by atoms with Gasteiger partial charge in [-0.3, -0.25) is 4.79 Å². The predicted molar refractivity (Wildman–Crippen MR) is 122 cm³/mol. The second kappa shape index (κ2) is 9.23. The van der Waals surface area contributed by atoms with E-state index in [0.29, 0.717) is 36.1 Å². The highest BCUT2D eigenvalue weighted by molar-refractivity contribution is 5.98. The van der Waals surface area contributed by atoms with Crippen molar-refractivity contribution in [3.05, 3.63) is 70.6 Å². The van der Waals surface area contributed by atoms with E-state index < -0.39 is 5.97 Å². The lowest BCUT2D eigenvalue weighted by Crippen LogP contribution is -2.16. The van der Waals surface area contributed by atoms with Gasteiger partial charge in [0.05, 0.1) is 12.7 Å². The zero-order valence-corrected chi connectivity index (χ0v) is 19.1. The average molecular weight is 434 g/mol. The van der Waals surface area contributed by atoms with E-state index in [1.165, 1.54) is 11.1 Å². The smallest absolute Gasteiger partial charge is 0.334 e. The molecule has 1 heterocycles. The van der Waals surface area contributed by atoms with Crippen LogP contribution in [0.2, 0.25) is 0 Å². The van der Waals surface area contributed by atoms with Gasteiger partial charge in [-0.15, -0.1) is 5.10 Å². The fraction of sp³-hybridized carbons (Fsp3) is 0.462. The molecule has 0 bridgehead atoms. The predicted octanol–water partition coefficient (Wildman–Crippen LogP) is 4.58. The lowest BCUT2D eigenvalue weighted by Gasteiger charge is -2.18. The van der Waals surface area contributed by atoms with E-state index in [0.717, 1.165) is 30.4 Å². The molecule has 0 N–H and O–H groups in total. The molecule has 1 aromatic carbocycles. The van der Waals surface area contributed by atoms with Gasteiger partial charge in [0.15, 0.2) is 5.78 Å². The summed E-state index contributed by atoms with van der Waals surface area (Å²) in [5.41, 5.74) is 5.55. The molecular weight excluding hydrogens is 402 g/mol. The van der Waals surface area contributed by atoms with Crippen LogP contribution in [-0.4, -0.2) is 26.7 Å². The van der Waals surface area contributed by atoms with Crippen LogP contribution in [0.1, 0.15) is 56.4 Å². The number of ether oxygens (including phenoxy) is 1. The van der Waals surface area contributed by atoms with E-state index in [-0.39, 0.29) is 18.3 Å². The van der Waals surface area contributed by atoms with Crippen molar-refractivity contribution in [2.45, 2.75) is 59.6 Å². The number of Topliss-reactive ketones (excluding diaryl/α,β-unsaturated/α-hetero) is 1. The first-order chi connectivity index (χ1) is 15.3. The van der Waals surface area contributed by atoms with Crippen LogP contribution >= 0.6 is 0 Å². The van der Waals surface area contributed by atoms with Gasteiger partial charge in [-0.2, -0.15) is 0 Å². The molecule has 0 amide bonds. The number of aryl methyl sites for hydroxylation is 1. The Hall–Kier alpha value is -3.02. The SMILES string of the molecule is C=C(C(=O)OCc1cn(Cc2ccc(C)cc2)nn1)[C@@H]1CC[C@H](C)[C@@H]2CC(=O)C(C)=C2C1. The minimum absolute atomic E-state index is 0.0167. The summed E-state index contributed by atoms with van der Waals surface area (Å²) in [6.45, 7) is 10.9. The Bertz CT molecular complexity index is 1060. The Labute approximate surface area is 189 Å². The zero-order valence-electron chi connectivity index (χ0n) is 19.1. The molecule has 4 rings (SSSR count). The molecule has 1 saturated carbocycles. The third-order valence-electron chi connectivity index (χ3n) is 7.03. The van der Waals surface area contributed by atoms with E-state index in [1.807, 2.05) is 6.92 Å². The van der Waals surface area contributed by atoms with Crippen LogP contribution in [-0.2, 0) is 27.5 Å². The Morgan fingerprint density at radius 2 is 1.94 bits per heavy atom. The summed E-state index contributed by atoms with van der Waals surface area (Å²) in [7, 11) is 0. The fourth-order valence-electron chi connectivity index (χ4n) is 4.87. The summed E-state index contributed by atoms with van der Waals surface area (Å²) < 4.78 is 7.25. The van der Waals surface area contributed by atoms with Gasteiger partial charge >= 0.3 is 5.97 Å². The van der Waals surface area contributed by atoms with Gasteiger partial charge in [0.2, 0.25) is 0 Å². The van der Waals surface area contributed by atoms with Crippen LogP contribution in [0.4, 0.5) is 0 Å². The second-order valence-electron chi connectivity index (χ2n) is 9.33. The Balaban J connectivity index is 1.34. The molecule has 6 heteroatoms. The molecule has 0 radical (unpaired) electrons. The number of fused-ring (bicyclic) bond motifs is 1. The lowest BCUT2D eigenvalue weighted by molar-refractivity contribution is -0.141. The topological polar surface area (TPSA) is 74.1 Å². The number of ketones is 1. The van der Waals surface area contributed by atoms with E-state index in [9.17, 15) is 9.59 Å². The van der Waals surface area contributed by atoms with Crippen molar-refractivity contribution in [1.29, 1.82) is 0 Å². The summed E-state index contributed by atoms with van der Waals surface area (Å²) in [6.07, 6.45) is 5.02. The van der Waals surface area contributed by atoms with Crippen LogP contribution in [0.25, 0.3) is 0 Å². The number of rotatable bonds is 6. The minimum Gasteiger partial charge on any atom is -0.456 e. The number of hydrogen-bond donors (Lipinski definition) is 0. The van der Waals surface area contributed by atoms with Crippen molar-refractivity contribution < 1.29 is 14.3 Å². The molecule has 32 heavy (non-hydrogen) atoms. The molecular formula is C26H31N3O3.